The molecule has 25 heavy (non-hydrogen) atoms. The van der Waals surface area contributed by atoms with Crippen LogP contribution in [-0.4, -0.2) is 19.9 Å². The maximum Gasteiger partial charge on any atom is 0.324 e. The second-order valence-electron chi connectivity index (χ2n) is 5.28. The van der Waals surface area contributed by atoms with Gasteiger partial charge in [-0.2, -0.15) is 9.97 Å². The fraction of sp³-hybridized carbons (Fsp3) is 0. The predicted molar refractivity (Wildman–Crippen MR) is 95.0 cm³/mol. The van der Waals surface area contributed by atoms with Gasteiger partial charge in [0.1, 0.15) is 0 Å². The lowest BCUT2D eigenvalue weighted by Crippen LogP contribution is -1.97. The van der Waals surface area contributed by atoms with Gasteiger partial charge in [-0.25, -0.2) is 9.97 Å². The minimum atomic E-state index is 0.214. The molecule has 0 radical (unpaired) electrons. The second kappa shape index (κ2) is 6.88. The van der Waals surface area contributed by atoms with Gasteiger partial charge in [0.05, 0.1) is 11.4 Å². The molecule has 0 unspecified atom stereocenters. The molecule has 5 nitrogen and oxygen atoms in total. The Bertz CT molecular complexity index is 894. The van der Waals surface area contributed by atoms with Crippen molar-refractivity contribution in [2.45, 2.75) is 0 Å². The van der Waals surface area contributed by atoms with E-state index in [4.69, 9.17) is 4.74 Å². The van der Waals surface area contributed by atoms with Crippen LogP contribution in [0.15, 0.2) is 85.2 Å². The molecular formula is C20H14N4O. The van der Waals surface area contributed by atoms with Gasteiger partial charge in [-0.05, 0) is 12.1 Å². The molecule has 2 aromatic carbocycles. The first-order valence-electron chi connectivity index (χ1n) is 7.83. The Balaban J connectivity index is 1.61. The third-order valence-corrected chi connectivity index (χ3v) is 3.59. The molecule has 0 aliphatic rings. The molecule has 0 fully saturated rings. The lowest BCUT2D eigenvalue weighted by Gasteiger charge is -2.06. The Morgan fingerprint density at radius 3 is 1.40 bits per heavy atom. The van der Waals surface area contributed by atoms with Crippen LogP contribution in [0.5, 0.6) is 12.0 Å². The number of aromatic nitrogens is 4. The quantitative estimate of drug-likeness (QED) is 0.556. The summed E-state index contributed by atoms with van der Waals surface area (Å²) in [5.41, 5.74) is 3.55. The minimum Gasteiger partial charge on any atom is -0.388 e. The Morgan fingerprint density at radius 2 is 0.960 bits per heavy atom. The number of hydrogen-bond acceptors (Lipinski definition) is 5. The Kier molecular flexibility index (Phi) is 4.12. The van der Waals surface area contributed by atoms with Crippen molar-refractivity contribution in [1.29, 1.82) is 0 Å². The van der Waals surface area contributed by atoms with Crippen LogP contribution in [0.25, 0.3) is 22.5 Å². The van der Waals surface area contributed by atoms with E-state index in [2.05, 4.69) is 19.9 Å². The monoisotopic (exact) mass is 326 g/mol. The lowest BCUT2D eigenvalue weighted by molar-refractivity contribution is 0.408. The molecule has 0 aliphatic heterocycles. The number of rotatable bonds is 4. The van der Waals surface area contributed by atoms with Crippen LogP contribution < -0.4 is 4.74 Å². The van der Waals surface area contributed by atoms with Gasteiger partial charge in [-0.1, -0.05) is 60.7 Å². The van der Waals surface area contributed by atoms with Gasteiger partial charge >= 0.3 is 12.0 Å². The molecular weight excluding hydrogens is 312 g/mol. The summed E-state index contributed by atoms with van der Waals surface area (Å²) in [6.45, 7) is 0. The minimum absolute atomic E-state index is 0.214. The maximum atomic E-state index is 5.66. The first-order chi connectivity index (χ1) is 12.4. The molecule has 2 aromatic heterocycles. The van der Waals surface area contributed by atoms with E-state index >= 15 is 0 Å². The molecule has 0 saturated carbocycles. The van der Waals surface area contributed by atoms with E-state index in [-0.39, 0.29) is 12.0 Å². The van der Waals surface area contributed by atoms with E-state index in [1.165, 1.54) is 0 Å². The van der Waals surface area contributed by atoms with E-state index in [1.807, 2.05) is 72.8 Å². The highest BCUT2D eigenvalue weighted by molar-refractivity contribution is 5.59. The van der Waals surface area contributed by atoms with Gasteiger partial charge in [0, 0.05) is 23.5 Å². The molecule has 0 N–H and O–H groups in total. The predicted octanol–water partition coefficient (Wildman–Crippen LogP) is 4.39. The second-order valence-corrected chi connectivity index (χ2v) is 5.28. The molecule has 2 heterocycles. The average Bonchev–Trinajstić information content (AvgIpc) is 2.70. The van der Waals surface area contributed by atoms with Gasteiger partial charge in [0.15, 0.2) is 0 Å². The number of nitrogens with zero attached hydrogens (tertiary/aromatic N) is 4. The van der Waals surface area contributed by atoms with Gasteiger partial charge in [-0.15, -0.1) is 0 Å². The summed E-state index contributed by atoms with van der Waals surface area (Å²) >= 11 is 0. The third-order valence-electron chi connectivity index (χ3n) is 3.59. The highest BCUT2D eigenvalue weighted by Gasteiger charge is 2.07. The first kappa shape index (κ1) is 15.0. The van der Waals surface area contributed by atoms with Crippen molar-refractivity contribution in [2.24, 2.45) is 0 Å². The van der Waals surface area contributed by atoms with Crippen LogP contribution in [-0.2, 0) is 0 Å². The van der Waals surface area contributed by atoms with Crippen molar-refractivity contribution >= 4 is 0 Å². The molecule has 0 aliphatic carbocycles. The first-order valence-corrected chi connectivity index (χ1v) is 7.83. The maximum absolute atomic E-state index is 5.66. The van der Waals surface area contributed by atoms with Gasteiger partial charge in [0.25, 0.3) is 0 Å². The fourth-order valence-electron chi connectivity index (χ4n) is 2.40. The van der Waals surface area contributed by atoms with Gasteiger partial charge < -0.3 is 4.74 Å². The third kappa shape index (κ3) is 3.50. The summed E-state index contributed by atoms with van der Waals surface area (Å²) in [6, 6.07) is 23.8. The van der Waals surface area contributed by atoms with Crippen molar-refractivity contribution < 1.29 is 4.74 Å². The molecule has 0 spiro atoms. The van der Waals surface area contributed by atoms with Crippen LogP contribution in [0.2, 0.25) is 0 Å². The van der Waals surface area contributed by atoms with Crippen molar-refractivity contribution in [3.8, 4) is 34.5 Å². The van der Waals surface area contributed by atoms with Crippen molar-refractivity contribution in [1.82, 2.24) is 19.9 Å². The van der Waals surface area contributed by atoms with E-state index < -0.39 is 0 Å². The van der Waals surface area contributed by atoms with Crippen molar-refractivity contribution in [3.05, 3.63) is 85.2 Å². The molecule has 4 aromatic rings. The van der Waals surface area contributed by atoms with Crippen LogP contribution in [0.4, 0.5) is 0 Å². The normalized spacial score (nSPS) is 10.4. The topological polar surface area (TPSA) is 60.8 Å². The van der Waals surface area contributed by atoms with E-state index in [9.17, 15) is 0 Å². The van der Waals surface area contributed by atoms with E-state index in [0.29, 0.717) is 0 Å². The molecule has 120 valence electrons. The van der Waals surface area contributed by atoms with Crippen LogP contribution >= 0.6 is 0 Å². The smallest absolute Gasteiger partial charge is 0.324 e. The highest BCUT2D eigenvalue weighted by atomic mass is 16.5. The Labute approximate surface area is 145 Å². The lowest BCUT2D eigenvalue weighted by atomic mass is 10.1. The zero-order valence-corrected chi connectivity index (χ0v) is 13.3. The number of benzene rings is 2. The summed E-state index contributed by atoms with van der Waals surface area (Å²) in [5, 5.41) is 0. The summed E-state index contributed by atoms with van der Waals surface area (Å²) in [7, 11) is 0. The molecule has 5 heteroatoms. The Morgan fingerprint density at radius 1 is 0.520 bits per heavy atom. The summed E-state index contributed by atoms with van der Waals surface area (Å²) < 4.78 is 5.66. The standard InChI is InChI=1S/C20H14N4O/c1-3-7-15(8-4-1)17-11-13-21-19(23-17)25-20-22-14-12-18(24-20)16-9-5-2-6-10-16/h1-14H. The number of hydrogen-bond donors (Lipinski definition) is 0. The summed E-state index contributed by atoms with van der Waals surface area (Å²) in [5.74, 6) is 0. The van der Waals surface area contributed by atoms with E-state index in [0.717, 1.165) is 22.5 Å². The summed E-state index contributed by atoms with van der Waals surface area (Å²) in [4.78, 5) is 17.2. The molecule has 4 rings (SSSR count). The zero-order valence-electron chi connectivity index (χ0n) is 13.3. The largest absolute Gasteiger partial charge is 0.388 e. The Hall–Kier alpha value is -3.60. The zero-order chi connectivity index (χ0) is 16.9. The van der Waals surface area contributed by atoms with Crippen LogP contribution in [0, 0.1) is 0 Å². The summed E-state index contributed by atoms with van der Waals surface area (Å²) in [6.07, 6.45) is 3.32. The SMILES string of the molecule is c1ccc(-c2ccnc(Oc3nccc(-c4ccccc4)n3)n2)cc1. The molecule has 0 saturated heterocycles. The van der Waals surface area contributed by atoms with Crippen LogP contribution in [0.1, 0.15) is 0 Å². The van der Waals surface area contributed by atoms with Crippen LogP contribution in [0.3, 0.4) is 0 Å². The van der Waals surface area contributed by atoms with Gasteiger partial charge in [0.2, 0.25) is 0 Å². The molecule has 0 amide bonds. The van der Waals surface area contributed by atoms with Crippen molar-refractivity contribution in [2.75, 3.05) is 0 Å². The highest BCUT2D eigenvalue weighted by Crippen LogP contribution is 2.22. The number of ether oxygens (including phenoxy) is 1. The fourth-order valence-corrected chi connectivity index (χ4v) is 2.40. The molecule has 0 atom stereocenters. The molecule has 0 bridgehead atoms. The average molecular weight is 326 g/mol. The van der Waals surface area contributed by atoms with Gasteiger partial charge in [-0.3, -0.25) is 0 Å². The van der Waals surface area contributed by atoms with Crippen molar-refractivity contribution in [3.63, 3.8) is 0 Å². The van der Waals surface area contributed by atoms with E-state index in [1.54, 1.807) is 12.4 Å².